The fourth-order valence-electron chi connectivity index (χ4n) is 0.794. The van der Waals surface area contributed by atoms with Crippen molar-refractivity contribution in [2.24, 2.45) is 0 Å². The second-order valence-corrected chi connectivity index (χ2v) is 3.48. The molecule has 0 fully saturated rings. The van der Waals surface area contributed by atoms with Gasteiger partial charge >= 0.3 is 5.97 Å². The quantitative estimate of drug-likeness (QED) is 0.739. The van der Waals surface area contributed by atoms with Gasteiger partial charge in [0.25, 0.3) is 0 Å². The number of amides is 1. The Morgan fingerprint density at radius 1 is 1.57 bits per heavy atom. The molecule has 2 N–H and O–H groups in total. The molecule has 0 radical (unpaired) electrons. The molecular formula is C9H7NO3S. The van der Waals surface area contributed by atoms with E-state index in [1.54, 1.807) is 0 Å². The van der Waals surface area contributed by atoms with E-state index in [1.807, 2.05) is 0 Å². The SMILES string of the molecule is C#CCC(=O)Nc1ccc(C(=O)O)s1. The lowest BCUT2D eigenvalue weighted by molar-refractivity contribution is -0.115. The highest BCUT2D eigenvalue weighted by atomic mass is 32.1. The molecule has 1 aromatic rings. The third-order valence-electron chi connectivity index (χ3n) is 1.34. The minimum Gasteiger partial charge on any atom is -0.477 e. The number of thiophene rings is 1. The fraction of sp³-hybridized carbons (Fsp3) is 0.111. The van der Waals surface area contributed by atoms with E-state index in [-0.39, 0.29) is 17.2 Å². The summed E-state index contributed by atoms with van der Waals surface area (Å²) in [5, 5.41) is 11.6. The number of rotatable bonds is 3. The molecule has 0 spiro atoms. The summed E-state index contributed by atoms with van der Waals surface area (Å²) in [6, 6.07) is 2.96. The van der Waals surface area contributed by atoms with E-state index in [0.717, 1.165) is 11.3 Å². The van der Waals surface area contributed by atoms with Gasteiger partial charge in [-0.2, -0.15) is 0 Å². The third-order valence-corrected chi connectivity index (χ3v) is 2.33. The first kappa shape index (κ1) is 10.3. The molecule has 0 aromatic carbocycles. The summed E-state index contributed by atoms with van der Waals surface area (Å²) in [5.41, 5.74) is 0. The molecule has 14 heavy (non-hydrogen) atoms. The van der Waals surface area contributed by atoms with E-state index in [2.05, 4.69) is 11.2 Å². The Hall–Kier alpha value is -1.80. The zero-order chi connectivity index (χ0) is 10.6. The van der Waals surface area contributed by atoms with Crippen molar-refractivity contribution in [2.75, 3.05) is 5.32 Å². The summed E-state index contributed by atoms with van der Waals surface area (Å²) in [5.74, 6) is 0.873. The fourth-order valence-corrected chi connectivity index (χ4v) is 1.56. The Kier molecular flexibility index (Phi) is 3.26. The lowest BCUT2D eigenvalue weighted by Crippen LogP contribution is -2.08. The normalized spacial score (nSPS) is 9.07. The van der Waals surface area contributed by atoms with Crippen LogP contribution in [-0.4, -0.2) is 17.0 Å². The van der Waals surface area contributed by atoms with Gasteiger partial charge in [-0.3, -0.25) is 4.79 Å². The number of hydrogen-bond donors (Lipinski definition) is 2. The first-order valence-electron chi connectivity index (χ1n) is 3.70. The van der Waals surface area contributed by atoms with Crippen molar-refractivity contribution in [1.82, 2.24) is 0 Å². The molecule has 1 amide bonds. The van der Waals surface area contributed by atoms with E-state index in [1.165, 1.54) is 12.1 Å². The van der Waals surface area contributed by atoms with Crippen LogP contribution < -0.4 is 5.32 Å². The van der Waals surface area contributed by atoms with Gasteiger partial charge in [0.1, 0.15) is 4.88 Å². The summed E-state index contributed by atoms with van der Waals surface area (Å²) < 4.78 is 0. The monoisotopic (exact) mass is 209 g/mol. The number of carbonyl (C=O) groups excluding carboxylic acids is 1. The van der Waals surface area contributed by atoms with Crippen molar-refractivity contribution in [3.05, 3.63) is 17.0 Å². The molecule has 0 aliphatic heterocycles. The standard InChI is InChI=1S/C9H7NO3S/c1-2-3-7(11)10-8-5-4-6(14-8)9(12)13/h1,4-5H,3H2,(H,10,11)(H,12,13). The Morgan fingerprint density at radius 3 is 2.79 bits per heavy atom. The summed E-state index contributed by atoms with van der Waals surface area (Å²) >= 11 is 0.995. The van der Waals surface area contributed by atoms with E-state index in [9.17, 15) is 9.59 Å². The average molecular weight is 209 g/mol. The minimum absolute atomic E-state index is 0.0136. The van der Waals surface area contributed by atoms with Crippen molar-refractivity contribution in [1.29, 1.82) is 0 Å². The molecule has 0 aliphatic carbocycles. The lowest BCUT2D eigenvalue weighted by atomic mass is 10.4. The maximum Gasteiger partial charge on any atom is 0.345 e. The molecule has 1 rings (SSSR count). The molecule has 0 aliphatic rings. The van der Waals surface area contributed by atoms with Crippen LogP contribution in [0.5, 0.6) is 0 Å². The number of anilines is 1. The molecule has 1 heterocycles. The van der Waals surface area contributed by atoms with Crippen molar-refractivity contribution in [3.8, 4) is 12.3 Å². The smallest absolute Gasteiger partial charge is 0.345 e. The maximum atomic E-state index is 11.0. The summed E-state index contributed by atoms with van der Waals surface area (Å²) in [6.45, 7) is 0. The van der Waals surface area contributed by atoms with Crippen molar-refractivity contribution < 1.29 is 14.7 Å². The van der Waals surface area contributed by atoms with Crippen molar-refractivity contribution in [2.45, 2.75) is 6.42 Å². The third kappa shape index (κ3) is 2.61. The first-order chi connectivity index (χ1) is 6.63. The van der Waals surface area contributed by atoms with Crippen LogP contribution in [0.25, 0.3) is 0 Å². The Morgan fingerprint density at radius 2 is 2.29 bits per heavy atom. The van der Waals surface area contributed by atoms with Gasteiger partial charge < -0.3 is 10.4 Å². The number of nitrogens with one attached hydrogen (secondary N) is 1. The molecule has 0 atom stereocenters. The second kappa shape index (κ2) is 4.44. The van der Waals surface area contributed by atoms with E-state index in [4.69, 9.17) is 11.5 Å². The summed E-state index contributed by atoms with van der Waals surface area (Å²) in [6.07, 6.45) is 4.92. The van der Waals surface area contributed by atoms with Crippen LogP contribution in [0.2, 0.25) is 0 Å². The van der Waals surface area contributed by atoms with Crippen LogP contribution in [0.3, 0.4) is 0 Å². The average Bonchev–Trinajstić information content (AvgIpc) is 2.53. The largest absolute Gasteiger partial charge is 0.477 e. The number of carboxylic acids is 1. The van der Waals surface area contributed by atoms with Crippen LogP contribution >= 0.6 is 11.3 Å². The number of carboxylic acid groups (broad SMARTS) is 1. The number of terminal acetylenes is 1. The lowest BCUT2D eigenvalue weighted by Gasteiger charge is -1.96. The van der Waals surface area contributed by atoms with Gasteiger partial charge in [0.05, 0.1) is 11.4 Å². The van der Waals surface area contributed by atoms with E-state index < -0.39 is 5.97 Å². The Labute approximate surface area is 84.6 Å². The minimum atomic E-state index is -1.01. The Bertz CT molecular complexity index is 402. The van der Waals surface area contributed by atoms with E-state index >= 15 is 0 Å². The molecule has 72 valence electrons. The van der Waals surface area contributed by atoms with Gasteiger partial charge in [-0.25, -0.2) is 4.79 Å². The van der Waals surface area contributed by atoms with Gasteiger partial charge in [-0.05, 0) is 12.1 Å². The van der Waals surface area contributed by atoms with Crippen LogP contribution in [0.4, 0.5) is 5.00 Å². The number of hydrogen-bond acceptors (Lipinski definition) is 3. The molecule has 1 aromatic heterocycles. The highest BCUT2D eigenvalue weighted by Gasteiger charge is 2.08. The van der Waals surface area contributed by atoms with Gasteiger partial charge in [0, 0.05) is 0 Å². The maximum absolute atomic E-state index is 11.0. The van der Waals surface area contributed by atoms with Crippen molar-refractivity contribution in [3.63, 3.8) is 0 Å². The Balaban J connectivity index is 2.65. The first-order valence-corrected chi connectivity index (χ1v) is 4.51. The molecule has 0 bridgehead atoms. The summed E-state index contributed by atoms with van der Waals surface area (Å²) in [4.78, 5) is 21.7. The van der Waals surface area contributed by atoms with Crippen LogP contribution in [0, 0.1) is 12.3 Å². The molecule has 4 nitrogen and oxygen atoms in total. The molecule has 0 saturated heterocycles. The van der Waals surface area contributed by atoms with Gasteiger partial charge in [0.2, 0.25) is 5.91 Å². The van der Waals surface area contributed by atoms with Gasteiger partial charge in [-0.15, -0.1) is 17.8 Å². The van der Waals surface area contributed by atoms with Gasteiger partial charge in [0.15, 0.2) is 0 Å². The molecular weight excluding hydrogens is 202 g/mol. The molecule has 5 heteroatoms. The highest BCUT2D eigenvalue weighted by molar-refractivity contribution is 7.18. The molecule has 0 saturated carbocycles. The second-order valence-electron chi connectivity index (χ2n) is 2.40. The predicted molar refractivity (Wildman–Crippen MR) is 53.4 cm³/mol. The molecule has 0 unspecified atom stereocenters. The van der Waals surface area contributed by atoms with Crippen LogP contribution in [0.15, 0.2) is 12.1 Å². The zero-order valence-electron chi connectivity index (χ0n) is 7.11. The highest BCUT2D eigenvalue weighted by Crippen LogP contribution is 2.21. The van der Waals surface area contributed by atoms with Crippen molar-refractivity contribution >= 4 is 28.2 Å². The number of carbonyl (C=O) groups is 2. The summed E-state index contributed by atoms with van der Waals surface area (Å²) in [7, 11) is 0. The number of aromatic carboxylic acids is 1. The van der Waals surface area contributed by atoms with Crippen LogP contribution in [0.1, 0.15) is 16.1 Å². The van der Waals surface area contributed by atoms with Gasteiger partial charge in [-0.1, -0.05) is 5.92 Å². The van der Waals surface area contributed by atoms with E-state index in [0.29, 0.717) is 5.00 Å². The predicted octanol–water partition coefficient (Wildman–Crippen LogP) is 1.41. The van der Waals surface area contributed by atoms with Crippen LogP contribution in [-0.2, 0) is 4.79 Å². The zero-order valence-corrected chi connectivity index (χ0v) is 7.93. The topological polar surface area (TPSA) is 66.4 Å².